The molecule has 1 aromatic heterocycles. The van der Waals surface area contributed by atoms with Crippen LogP contribution in [0.25, 0.3) is 10.9 Å². The van der Waals surface area contributed by atoms with E-state index in [9.17, 15) is 0 Å². The first-order valence-electron chi connectivity index (χ1n) is 7.52. The Labute approximate surface area is 121 Å². The molecule has 0 unspecified atom stereocenters. The first kappa shape index (κ1) is 15.1. The number of nitrogens with zero attached hydrogens (tertiary/aromatic N) is 1. The van der Waals surface area contributed by atoms with Crippen molar-refractivity contribution in [2.45, 2.75) is 45.8 Å². The van der Waals surface area contributed by atoms with Crippen LogP contribution < -0.4 is 5.32 Å². The van der Waals surface area contributed by atoms with E-state index in [0.717, 1.165) is 32.5 Å². The number of methoxy groups -OCH3 is 1. The number of benzene rings is 1. The molecule has 0 radical (unpaired) electrons. The lowest BCUT2D eigenvalue weighted by molar-refractivity contribution is 0.191. The maximum Gasteiger partial charge on any atom is 0.0482 e. The van der Waals surface area contributed by atoms with Crippen molar-refractivity contribution in [1.82, 2.24) is 9.88 Å². The van der Waals surface area contributed by atoms with Gasteiger partial charge in [-0.25, -0.2) is 0 Å². The topological polar surface area (TPSA) is 26.2 Å². The van der Waals surface area contributed by atoms with Crippen LogP contribution in [0.2, 0.25) is 0 Å². The predicted octanol–water partition coefficient (Wildman–Crippen LogP) is 3.57. The van der Waals surface area contributed by atoms with E-state index < -0.39 is 0 Å². The highest BCUT2D eigenvalue weighted by Gasteiger charge is 2.08. The Hall–Kier alpha value is -1.32. The van der Waals surface area contributed by atoms with Crippen LogP contribution in [0.3, 0.4) is 0 Å². The van der Waals surface area contributed by atoms with E-state index in [4.69, 9.17) is 4.74 Å². The summed E-state index contributed by atoms with van der Waals surface area (Å²) < 4.78 is 7.58. The maximum atomic E-state index is 5.14. The Kier molecular flexibility index (Phi) is 5.62. The van der Waals surface area contributed by atoms with Crippen LogP contribution in [0.1, 0.15) is 32.4 Å². The van der Waals surface area contributed by atoms with Crippen molar-refractivity contribution < 1.29 is 4.74 Å². The molecule has 0 amide bonds. The average molecular weight is 274 g/mol. The summed E-state index contributed by atoms with van der Waals surface area (Å²) in [7, 11) is 1.77. The van der Waals surface area contributed by atoms with Crippen LogP contribution in [-0.4, -0.2) is 24.3 Å². The number of aromatic nitrogens is 1. The Morgan fingerprint density at radius 3 is 2.75 bits per heavy atom. The molecule has 0 aliphatic rings. The third-order valence-electron chi connectivity index (χ3n) is 3.57. The zero-order valence-electron chi connectivity index (χ0n) is 12.9. The summed E-state index contributed by atoms with van der Waals surface area (Å²) in [6.07, 6.45) is 2.27. The van der Waals surface area contributed by atoms with Crippen LogP contribution in [-0.2, 0) is 17.8 Å². The molecule has 1 heterocycles. The molecule has 0 saturated heterocycles. The highest BCUT2D eigenvalue weighted by molar-refractivity contribution is 5.81. The van der Waals surface area contributed by atoms with Crippen molar-refractivity contribution >= 4 is 10.9 Å². The fourth-order valence-electron chi connectivity index (χ4n) is 2.50. The molecule has 0 atom stereocenters. The second kappa shape index (κ2) is 7.46. The number of hydrogen-bond acceptors (Lipinski definition) is 2. The summed E-state index contributed by atoms with van der Waals surface area (Å²) in [5.74, 6) is 0. The fourth-order valence-corrected chi connectivity index (χ4v) is 2.50. The number of hydrogen-bond donors (Lipinski definition) is 1. The SMILES string of the molecule is COCCCCn1c(CNC(C)C)cc2ccccc21. The van der Waals surface area contributed by atoms with Gasteiger partial charge in [0.1, 0.15) is 0 Å². The second-order valence-corrected chi connectivity index (χ2v) is 5.58. The van der Waals surface area contributed by atoms with Gasteiger partial charge in [0.15, 0.2) is 0 Å². The van der Waals surface area contributed by atoms with Gasteiger partial charge in [0.25, 0.3) is 0 Å². The highest BCUT2D eigenvalue weighted by atomic mass is 16.5. The van der Waals surface area contributed by atoms with Crippen molar-refractivity contribution in [2.24, 2.45) is 0 Å². The number of para-hydroxylation sites is 1. The largest absolute Gasteiger partial charge is 0.385 e. The molecular formula is C17H26N2O. The zero-order valence-corrected chi connectivity index (χ0v) is 12.9. The summed E-state index contributed by atoms with van der Waals surface area (Å²) >= 11 is 0. The molecule has 20 heavy (non-hydrogen) atoms. The molecular weight excluding hydrogens is 248 g/mol. The molecule has 1 N–H and O–H groups in total. The first-order valence-corrected chi connectivity index (χ1v) is 7.52. The second-order valence-electron chi connectivity index (χ2n) is 5.58. The van der Waals surface area contributed by atoms with Crippen LogP contribution in [0.15, 0.2) is 30.3 Å². The molecule has 0 aliphatic carbocycles. The minimum absolute atomic E-state index is 0.509. The van der Waals surface area contributed by atoms with Crippen LogP contribution in [0.5, 0.6) is 0 Å². The number of ether oxygens (including phenoxy) is 1. The number of nitrogens with one attached hydrogen (secondary N) is 1. The Bertz CT molecular complexity index is 531. The van der Waals surface area contributed by atoms with Gasteiger partial charge in [0, 0.05) is 44.1 Å². The summed E-state index contributed by atoms with van der Waals surface area (Å²) in [5, 5.41) is 4.85. The van der Waals surface area contributed by atoms with Gasteiger partial charge in [-0.3, -0.25) is 0 Å². The van der Waals surface area contributed by atoms with E-state index in [1.54, 1.807) is 7.11 Å². The lowest BCUT2D eigenvalue weighted by Crippen LogP contribution is -2.23. The van der Waals surface area contributed by atoms with E-state index in [1.807, 2.05) is 0 Å². The van der Waals surface area contributed by atoms with Crippen molar-refractivity contribution in [2.75, 3.05) is 13.7 Å². The summed E-state index contributed by atoms with van der Waals surface area (Å²) in [4.78, 5) is 0. The third kappa shape index (κ3) is 3.84. The lowest BCUT2D eigenvalue weighted by atomic mass is 10.2. The Balaban J connectivity index is 2.16. The van der Waals surface area contributed by atoms with E-state index in [1.165, 1.54) is 16.6 Å². The third-order valence-corrected chi connectivity index (χ3v) is 3.57. The number of fused-ring (bicyclic) bond motifs is 1. The molecule has 2 rings (SSSR count). The molecule has 1 aromatic carbocycles. The number of aryl methyl sites for hydroxylation is 1. The van der Waals surface area contributed by atoms with Gasteiger partial charge in [-0.05, 0) is 30.4 Å². The van der Waals surface area contributed by atoms with Gasteiger partial charge in [-0.2, -0.15) is 0 Å². The smallest absolute Gasteiger partial charge is 0.0482 e. The Morgan fingerprint density at radius 1 is 1.20 bits per heavy atom. The molecule has 3 heteroatoms. The zero-order chi connectivity index (χ0) is 14.4. The normalized spacial score (nSPS) is 11.6. The Morgan fingerprint density at radius 2 is 2.00 bits per heavy atom. The minimum atomic E-state index is 0.509. The molecule has 110 valence electrons. The van der Waals surface area contributed by atoms with Gasteiger partial charge >= 0.3 is 0 Å². The first-order chi connectivity index (χ1) is 9.72. The van der Waals surface area contributed by atoms with Crippen molar-refractivity contribution in [3.05, 3.63) is 36.0 Å². The quantitative estimate of drug-likeness (QED) is 0.745. The molecule has 0 fully saturated rings. The van der Waals surface area contributed by atoms with Gasteiger partial charge < -0.3 is 14.6 Å². The monoisotopic (exact) mass is 274 g/mol. The fraction of sp³-hybridized carbons (Fsp3) is 0.529. The number of unbranched alkanes of at least 4 members (excludes halogenated alkanes) is 1. The van der Waals surface area contributed by atoms with Crippen LogP contribution in [0.4, 0.5) is 0 Å². The van der Waals surface area contributed by atoms with Crippen LogP contribution in [0, 0.1) is 0 Å². The van der Waals surface area contributed by atoms with Crippen LogP contribution >= 0.6 is 0 Å². The van der Waals surface area contributed by atoms with Gasteiger partial charge in [-0.15, -0.1) is 0 Å². The van der Waals surface area contributed by atoms with Crippen molar-refractivity contribution in [3.8, 4) is 0 Å². The molecule has 3 nitrogen and oxygen atoms in total. The summed E-state index contributed by atoms with van der Waals surface area (Å²) in [6.45, 7) is 7.21. The molecule has 2 aromatic rings. The average Bonchev–Trinajstić information content (AvgIpc) is 2.79. The van der Waals surface area contributed by atoms with E-state index >= 15 is 0 Å². The lowest BCUT2D eigenvalue weighted by Gasteiger charge is -2.13. The standard InChI is InChI=1S/C17H26N2O/c1-14(2)18-13-16-12-15-8-4-5-9-17(15)19(16)10-6-7-11-20-3/h4-5,8-9,12,14,18H,6-7,10-11,13H2,1-3H3. The van der Waals surface area contributed by atoms with Crippen molar-refractivity contribution in [1.29, 1.82) is 0 Å². The molecule has 0 aliphatic heterocycles. The van der Waals surface area contributed by atoms with Gasteiger partial charge in [0.2, 0.25) is 0 Å². The van der Waals surface area contributed by atoms with E-state index in [2.05, 4.69) is 54.1 Å². The highest BCUT2D eigenvalue weighted by Crippen LogP contribution is 2.20. The van der Waals surface area contributed by atoms with E-state index in [-0.39, 0.29) is 0 Å². The predicted molar refractivity (Wildman–Crippen MR) is 85.0 cm³/mol. The summed E-state index contributed by atoms with van der Waals surface area (Å²) in [6, 6.07) is 11.5. The molecule has 0 spiro atoms. The van der Waals surface area contributed by atoms with Crippen molar-refractivity contribution in [3.63, 3.8) is 0 Å². The number of rotatable bonds is 8. The maximum absolute atomic E-state index is 5.14. The van der Waals surface area contributed by atoms with Gasteiger partial charge in [-0.1, -0.05) is 32.0 Å². The molecule has 0 bridgehead atoms. The van der Waals surface area contributed by atoms with Gasteiger partial charge in [0.05, 0.1) is 0 Å². The summed E-state index contributed by atoms with van der Waals surface area (Å²) in [5.41, 5.74) is 2.71. The van der Waals surface area contributed by atoms with E-state index in [0.29, 0.717) is 6.04 Å². The minimum Gasteiger partial charge on any atom is -0.385 e. The molecule has 0 saturated carbocycles.